The Morgan fingerprint density at radius 2 is 0.820 bits per heavy atom. The highest BCUT2D eigenvalue weighted by Gasteiger charge is 2.45. The van der Waals surface area contributed by atoms with E-state index in [1.54, 1.807) is 4.57 Å². The van der Waals surface area contributed by atoms with Crippen LogP contribution in [0.4, 0.5) is 34.1 Å². The molecule has 5 heterocycles. The van der Waals surface area contributed by atoms with Gasteiger partial charge >= 0.3 is 0 Å². The van der Waals surface area contributed by atoms with Crippen molar-refractivity contribution in [3.8, 4) is 72.4 Å². The Morgan fingerprint density at radius 1 is 0.340 bits per heavy atom. The fourth-order valence-electron chi connectivity index (χ4n) is 16.0. The Bertz CT molecular complexity index is 6730. The summed E-state index contributed by atoms with van der Waals surface area (Å²) in [6, 6.07) is 96.1. The number of para-hydroxylation sites is 4. The van der Waals surface area contributed by atoms with Crippen molar-refractivity contribution in [2.75, 3.05) is 9.80 Å². The van der Waals surface area contributed by atoms with Crippen LogP contribution in [0.25, 0.3) is 138 Å². The number of benzene rings is 15. The van der Waals surface area contributed by atoms with Gasteiger partial charge in [0.15, 0.2) is 0 Å². The number of fused-ring (bicyclic) bond motifs is 13. The molecule has 2 aliphatic rings. The standard InChI is InChI=1S/C95H65N3O2/c1-95(2,3)67-49-45-60(46-50-67)66-47-51-72-81(54-66)98(93-74(61-29-11-5-12-30-61)57-76-71-39-21-25-43-84(71)100-94(76)88(93)64-35-17-8-18-36-64)83-56-68(96-78-41-23-19-37-69(78)70-38-20-24-42-79(70)96)55-82-91(83)89(72)77-53-65(59-27-9-4-10-28-59)48-52-80(77)97(82)92-75(62-31-13-6-14-32-62)58-86-90(73-40-22-26-44-85(73)99-86)87(92)63-33-15-7-16-34-63/h4-58,89H,1-3H3/i19D,20D,23D,24D,37D,38D,41D,42D. The molecule has 0 amide bonds. The van der Waals surface area contributed by atoms with Crippen molar-refractivity contribution >= 4 is 99.8 Å². The molecule has 100 heavy (non-hydrogen) atoms. The van der Waals surface area contributed by atoms with Crippen molar-refractivity contribution in [2.24, 2.45) is 0 Å². The summed E-state index contributed by atoms with van der Waals surface area (Å²) in [4.78, 5) is 4.81. The molecule has 20 rings (SSSR count). The molecule has 0 radical (unpaired) electrons. The quantitative estimate of drug-likeness (QED) is 0.144. The molecule has 5 heteroatoms. The summed E-state index contributed by atoms with van der Waals surface area (Å²) in [6.45, 7) is 6.68. The molecule has 5 nitrogen and oxygen atoms in total. The first-order valence-electron chi connectivity index (χ1n) is 38.0. The SMILES string of the molecule is [2H]c1c([2H])c([2H])c2c(c1[2H])c1c([2H])c([2H])c([2H])c([2H])c1n2-c1cc2c3c(c1)N(c1c(-c4ccccc4)cc4oc5ccccc5c4c1-c1ccccc1)c1ccc(-c4ccccc4)cc1C3c1ccc(-c3ccc(C(C)(C)C)cc3)cc1N2c1c(-c2ccccc2)cc2c(oc3ccccc32)c1-c1ccccc1. The number of rotatable bonds is 9. The lowest BCUT2D eigenvalue weighted by Crippen LogP contribution is -2.30. The van der Waals surface area contributed by atoms with E-state index in [1.807, 2.05) is 66.7 Å². The van der Waals surface area contributed by atoms with E-state index < -0.39 is 54.3 Å². The highest BCUT2D eigenvalue weighted by atomic mass is 16.3. The third kappa shape index (κ3) is 8.88. The maximum atomic E-state index is 10.2. The van der Waals surface area contributed by atoms with Gasteiger partial charge in [0.25, 0.3) is 0 Å². The first-order chi connectivity index (χ1) is 52.6. The molecule has 0 fully saturated rings. The van der Waals surface area contributed by atoms with Crippen LogP contribution in [0.3, 0.4) is 0 Å². The number of hydrogen-bond donors (Lipinski definition) is 0. The van der Waals surface area contributed by atoms with Gasteiger partial charge in [-0.2, -0.15) is 0 Å². The molecular formula is C95H65N3O2. The van der Waals surface area contributed by atoms with E-state index in [-0.39, 0.29) is 27.2 Å². The van der Waals surface area contributed by atoms with Crippen molar-refractivity contribution in [2.45, 2.75) is 32.1 Å². The van der Waals surface area contributed by atoms with Crippen LogP contribution in [0.5, 0.6) is 0 Å². The lowest BCUT2D eigenvalue weighted by Gasteiger charge is -2.47. The topological polar surface area (TPSA) is 37.7 Å². The van der Waals surface area contributed by atoms with Crippen LogP contribution in [-0.4, -0.2) is 4.57 Å². The van der Waals surface area contributed by atoms with Crippen LogP contribution in [0, 0.1) is 0 Å². The normalized spacial score (nSPS) is 14.5. The number of hydrogen-bond acceptors (Lipinski definition) is 4. The van der Waals surface area contributed by atoms with Crippen LogP contribution in [0.1, 0.15) is 59.9 Å². The smallest absolute Gasteiger partial charge is 0.145 e. The molecule has 1 unspecified atom stereocenters. The molecule has 0 bridgehead atoms. The molecule has 0 saturated heterocycles. The lowest BCUT2D eigenvalue weighted by molar-refractivity contribution is 0.590. The summed E-state index contributed by atoms with van der Waals surface area (Å²) in [5, 5.41) is 3.60. The van der Waals surface area contributed by atoms with Crippen molar-refractivity contribution in [3.63, 3.8) is 0 Å². The molecule has 15 aromatic carbocycles. The molecule has 2 aliphatic heterocycles. The van der Waals surface area contributed by atoms with E-state index in [1.165, 1.54) is 5.56 Å². The Kier molecular flexibility index (Phi) is 11.2. The minimum Gasteiger partial charge on any atom is -0.456 e. The summed E-state index contributed by atoms with van der Waals surface area (Å²) < 4.78 is 93.9. The second-order valence-corrected chi connectivity index (χ2v) is 27.2. The summed E-state index contributed by atoms with van der Waals surface area (Å²) in [5.74, 6) is -0.565. The number of anilines is 6. The van der Waals surface area contributed by atoms with Gasteiger partial charge in [0.1, 0.15) is 22.3 Å². The molecular weight excluding hydrogens is 1220 g/mol. The summed E-state index contributed by atoms with van der Waals surface area (Å²) in [7, 11) is 0. The third-order valence-corrected chi connectivity index (χ3v) is 20.6. The first kappa shape index (κ1) is 49.8. The first-order valence-corrected chi connectivity index (χ1v) is 34.0. The van der Waals surface area contributed by atoms with E-state index in [2.05, 4.69) is 249 Å². The van der Waals surface area contributed by atoms with E-state index in [4.69, 9.17) is 8.83 Å². The van der Waals surface area contributed by atoms with Gasteiger partial charge in [-0.05, 0) is 133 Å². The minimum absolute atomic E-state index is 0.00871. The van der Waals surface area contributed by atoms with Crippen molar-refractivity contribution < 1.29 is 19.8 Å². The molecule has 3 aromatic heterocycles. The Labute approximate surface area is 591 Å². The van der Waals surface area contributed by atoms with Gasteiger partial charge in [0.05, 0.1) is 61.8 Å². The van der Waals surface area contributed by atoms with E-state index in [0.717, 1.165) is 128 Å². The maximum Gasteiger partial charge on any atom is 0.145 e. The molecule has 0 aliphatic carbocycles. The van der Waals surface area contributed by atoms with Gasteiger partial charge in [-0.25, -0.2) is 0 Å². The summed E-state index contributed by atoms with van der Waals surface area (Å²) in [6.07, 6.45) is 0. The van der Waals surface area contributed by atoms with Crippen LogP contribution in [0.2, 0.25) is 0 Å². The third-order valence-electron chi connectivity index (χ3n) is 20.6. The Hall–Kier alpha value is -12.7. The summed E-state index contributed by atoms with van der Waals surface area (Å²) in [5.41, 5.74) is 22.8. The van der Waals surface area contributed by atoms with Gasteiger partial charge in [-0.3, -0.25) is 0 Å². The fraction of sp³-hybridized carbons (Fsp3) is 0.0526. The number of nitrogens with zero attached hydrogens (tertiary/aromatic N) is 3. The zero-order valence-corrected chi connectivity index (χ0v) is 54.9. The molecule has 1 atom stereocenters. The van der Waals surface area contributed by atoms with Crippen LogP contribution in [0.15, 0.2) is 342 Å². The van der Waals surface area contributed by atoms with E-state index in [0.29, 0.717) is 39.4 Å². The van der Waals surface area contributed by atoms with Crippen LogP contribution in [-0.2, 0) is 5.41 Å². The van der Waals surface area contributed by atoms with Gasteiger partial charge in [-0.1, -0.05) is 288 Å². The minimum atomic E-state index is -0.565. The largest absolute Gasteiger partial charge is 0.456 e. The predicted octanol–water partition coefficient (Wildman–Crippen LogP) is 26.6. The second-order valence-electron chi connectivity index (χ2n) is 27.2. The van der Waals surface area contributed by atoms with Gasteiger partial charge in [0, 0.05) is 66.1 Å². The monoisotopic (exact) mass is 1290 g/mol. The number of aromatic nitrogens is 1. The maximum absolute atomic E-state index is 10.2. The van der Waals surface area contributed by atoms with Crippen molar-refractivity contribution in [1.29, 1.82) is 0 Å². The predicted molar refractivity (Wildman–Crippen MR) is 417 cm³/mol. The zero-order chi connectivity index (χ0) is 73.3. The highest BCUT2D eigenvalue weighted by Crippen LogP contribution is 2.66. The number of furan rings is 2. The van der Waals surface area contributed by atoms with Crippen LogP contribution < -0.4 is 9.80 Å². The van der Waals surface area contributed by atoms with Crippen LogP contribution >= 0.6 is 0 Å². The molecule has 0 saturated carbocycles. The Morgan fingerprint density at radius 3 is 1.44 bits per heavy atom. The van der Waals surface area contributed by atoms with Gasteiger partial charge in [0.2, 0.25) is 0 Å². The van der Waals surface area contributed by atoms with Crippen molar-refractivity contribution in [3.05, 3.63) is 356 Å². The summed E-state index contributed by atoms with van der Waals surface area (Å²) >= 11 is 0. The lowest BCUT2D eigenvalue weighted by atomic mass is 9.74. The highest BCUT2D eigenvalue weighted by molar-refractivity contribution is 6.22. The fourth-order valence-corrected chi connectivity index (χ4v) is 16.0. The zero-order valence-electron chi connectivity index (χ0n) is 62.9. The average molecular weight is 1290 g/mol. The van der Waals surface area contributed by atoms with E-state index in [9.17, 15) is 11.0 Å². The van der Waals surface area contributed by atoms with Crippen molar-refractivity contribution in [1.82, 2.24) is 4.57 Å². The molecule has 18 aromatic rings. The Balaban J connectivity index is 1.05. The van der Waals surface area contributed by atoms with E-state index >= 15 is 0 Å². The molecule has 0 N–H and O–H groups in total. The average Bonchev–Trinajstić information content (AvgIpc) is 1.08. The van der Waals surface area contributed by atoms with Gasteiger partial charge in [-0.15, -0.1) is 0 Å². The molecule has 0 spiro atoms. The molecule has 472 valence electrons. The van der Waals surface area contributed by atoms with Gasteiger partial charge < -0.3 is 23.2 Å². The second kappa shape index (κ2) is 22.4.